The molecule has 0 spiro atoms. The highest BCUT2D eigenvalue weighted by molar-refractivity contribution is 4.61. The van der Waals surface area contributed by atoms with E-state index in [0.717, 1.165) is 6.92 Å². The molecule has 0 aliphatic rings. The Labute approximate surface area is 78.2 Å². The van der Waals surface area contributed by atoms with Crippen LogP contribution < -0.4 is 0 Å². The molecule has 9 heteroatoms. The van der Waals surface area contributed by atoms with Gasteiger partial charge in [0.1, 0.15) is 0 Å². The second kappa shape index (κ2) is 3.94. The smallest absolute Gasteiger partial charge is 0.253 e. The molecule has 0 aromatic carbocycles. The Bertz CT molecular complexity index is 241. The third kappa shape index (κ3) is 1.47. The van der Waals surface area contributed by atoms with Crippen molar-refractivity contribution in [2.24, 2.45) is 5.92 Å². The lowest BCUT2D eigenvalue weighted by molar-refractivity contribution is -0.978. The van der Waals surface area contributed by atoms with Crippen LogP contribution in [0.25, 0.3) is 0 Å². The van der Waals surface area contributed by atoms with Gasteiger partial charge in [-0.3, -0.25) is 30.3 Å². The minimum atomic E-state index is -3.32. The van der Waals surface area contributed by atoms with E-state index in [0.29, 0.717) is 0 Å². The maximum atomic E-state index is 10.4. The van der Waals surface area contributed by atoms with Crippen LogP contribution >= 0.6 is 0 Å². The number of rotatable bonds is 5. The second-order valence-electron chi connectivity index (χ2n) is 2.77. The van der Waals surface area contributed by atoms with Crippen molar-refractivity contribution < 1.29 is 14.8 Å². The Kier molecular flexibility index (Phi) is 3.43. The van der Waals surface area contributed by atoms with Crippen LogP contribution in [-0.4, -0.2) is 20.6 Å². The summed E-state index contributed by atoms with van der Waals surface area (Å²) in [6.07, 6.45) is -0.0249. The predicted molar refractivity (Wildman–Crippen MR) is 43.2 cm³/mol. The molecule has 0 fully saturated rings. The summed E-state index contributed by atoms with van der Waals surface area (Å²) in [7, 11) is 0. The first-order chi connectivity index (χ1) is 6.31. The lowest BCUT2D eigenvalue weighted by Gasteiger charge is -2.13. The Morgan fingerprint density at radius 1 is 1.07 bits per heavy atom. The van der Waals surface area contributed by atoms with Crippen molar-refractivity contribution in [3.8, 4) is 0 Å². The number of hydrogen-bond acceptors (Lipinski definition) is 6. The number of nitro groups is 3. The molecule has 0 bridgehead atoms. The second-order valence-corrected chi connectivity index (χ2v) is 2.77. The fourth-order valence-electron chi connectivity index (χ4n) is 1.01. The maximum Gasteiger partial charge on any atom is 0.702 e. The van der Waals surface area contributed by atoms with Gasteiger partial charge in [-0.15, -0.1) is 0 Å². The summed E-state index contributed by atoms with van der Waals surface area (Å²) in [5.41, 5.74) is 0. The van der Waals surface area contributed by atoms with Crippen LogP contribution in [0.2, 0.25) is 0 Å². The van der Waals surface area contributed by atoms with Gasteiger partial charge in [-0.1, -0.05) is 6.92 Å². The van der Waals surface area contributed by atoms with E-state index >= 15 is 0 Å². The molecule has 0 N–H and O–H groups in total. The maximum absolute atomic E-state index is 10.4. The van der Waals surface area contributed by atoms with E-state index in [1.807, 2.05) is 0 Å². The van der Waals surface area contributed by atoms with Gasteiger partial charge in [-0.25, -0.2) is 0 Å². The molecule has 0 rings (SSSR count). The fraction of sp³-hybridized carbons (Fsp3) is 1.00. The molecule has 0 amide bonds. The van der Waals surface area contributed by atoms with Gasteiger partial charge in [0.05, 0.1) is 0 Å². The van der Waals surface area contributed by atoms with Crippen LogP contribution in [0.1, 0.15) is 20.3 Å². The molecule has 0 saturated carbocycles. The fourth-order valence-corrected chi connectivity index (χ4v) is 1.01. The van der Waals surface area contributed by atoms with Gasteiger partial charge in [0.15, 0.2) is 20.7 Å². The largest absolute Gasteiger partial charge is 0.702 e. The van der Waals surface area contributed by atoms with Gasteiger partial charge in [0.2, 0.25) is 0 Å². The lowest BCUT2D eigenvalue weighted by atomic mass is 10.0. The minimum absolute atomic E-state index is 0.0249. The van der Waals surface area contributed by atoms with Crippen molar-refractivity contribution in [2.75, 3.05) is 0 Å². The van der Waals surface area contributed by atoms with Crippen molar-refractivity contribution in [2.45, 2.75) is 26.1 Å². The van der Waals surface area contributed by atoms with Crippen LogP contribution in [0.15, 0.2) is 0 Å². The molecular formula is C5H9N3O6. The standard InChI is InChI=1S/C5H9N3O6/c1-3-4(2)5(6(9)10,7(11)12)8(13)14/h4H,3H2,1-2H3. The van der Waals surface area contributed by atoms with Gasteiger partial charge in [-0.05, 0) is 13.3 Å². The molecule has 0 radical (unpaired) electrons. The van der Waals surface area contributed by atoms with E-state index in [1.54, 1.807) is 0 Å². The molecule has 0 aliphatic carbocycles. The zero-order chi connectivity index (χ0) is 11.5. The highest BCUT2D eigenvalue weighted by atomic mass is 16.7. The van der Waals surface area contributed by atoms with Crippen LogP contribution in [0.4, 0.5) is 0 Å². The molecule has 9 nitrogen and oxygen atoms in total. The van der Waals surface area contributed by atoms with Crippen LogP contribution in [-0.2, 0) is 0 Å². The zero-order valence-corrected chi connectivity index (χ0v) is 7.58. The molecule has 0 heterocycles. The first kappa shape index (κ1) is 12.2. The average molecular weight is 207 g/mol. The molecule has 0 aliphatic heterocycles. The SMILES string of the molecule is CCC(C)C([N+](=O)[O-])([N+](=O)[O-])[N+](=O)[O-]. The van der Waals surface area contributed by atoms with Crippen molar-refractivity contribution in [3.05, 3.63) is 30.3 Å². The van der Waals surface area contributed by atoms with E-state index in [4.69, 9.17) is 0 Å². The molecule has 0 aromatic rings. The third-order valence-electron chi connectivity index (χ3n) is 2.08. The number of nitrogens with zero attached hydrogens (tertiary/aromatic N) is 3. The van der Waals surface area contributed by atoms with Crippen molar-refractivity contribution >= 4 is 0 Å². The third-order valence-corrected chi connectivity index (χ3v) is 2.08. The highest BCUT2D eigenvalue weighted by Crippen LogP contribution is 2.25. The highest BCUT2D eigenvalue weighted by Gasteiger charge is 2.73. The summed E-state index contributed by atoms with van der Waals surface area (Å²) in [5, 5.41) is 31.3. The summed E-state index contributed by atoms with van der Waals surface area (Å²) < 4.78 is 0. The van der Waals surface area contributed by atoms with E-state index in [2.05, 4.69) is 0 Å². The zero-order valence-electron chi connectivity index (χ0n) is 7.58. The van der Waals surface area contributed by atoms with Crippen LogP contribution in [0, 0.1) is 36.3 Å². The average Bonchev–Trinajstić information content (AvgIpc) is 2.02. The van der Waals surface area contributed by atoms with Gasteiger partial charge in [0.25, 0.3) is 0 Å². The van der Waals surface area contributed by atoms with Gasteiger partial charge in [-0.2, -0.15) is 0 Å². The topological polar surface area (TPSA) is 129 Å². The van der Waals surface area contributed by atoms with Crippen LogP contribution in [0.5, 0.6) is 0 Å². The quantitative estimate of drug-likeness (QED) is 0.367. The van der Waals surface area contributed by atoms with E-state index in [-0.39, 0.29) is 6.42 Å². The molecule has 0 saturated heterocycles. The normalized spacial score (nSPS) is 13.3. The van der Waals surface area contributed by atoms with Crippen molar-refractivity contribution in [1.82, 2.24) is 0 Å². The molecule has 80 valence electrons. The Balaban J connectivity index is 5.50. The molecule has 0 aromatic heterocycles. The van der Waals surface area contributed by atoms with E-state index in [1.165, 1.54) is 6.92 Å². The van der Waals surface area contributed by atoms with Gasteiger partial charge >= 0.3 is 5.79 Å². The summed E-state index contributed by atoms with van der Waals surface area (Å²) in [5.74, 6) is -4.60. The van der Waals surface area contributed by atoms with E-state index < -0.39 is 26.5 Å². The summed E-state index contributed by atoms with van der Waals surface area (Å²) in [6.45, 7) is 2.52. The first-order valence-electron chi connectivity index (χ1n) is 3.75. The molecule has 14 heavy (non-hydrogen) atoms. The molecule has 1 atom stereocenters. The summed E-state index contributed by atoms with van der Waals surface area (Å²) in [4.78, 5) is 26.9. The summed E-state index contributed by atoms with van der Waals surface area (Å²) >= 11 is 0. The van der Waals surface area contributed by atoms with Gasteiger partial charge < -0.3 is 0 Å². The predicted octanol–water partition coefficient (Wildman–Crippen LogP) is 0.516. The summed E-state index contributed by atoms with van der Waals surface area (Å²) in [6, 6.07) is 0. The van der Waals surface area contributed by atoms with Crippen molar-refractivity contribution in [3.63, 3.8) is 0 Å². The Morgan fingerprint density at radius 2 is 1.36 bits per heavy atom. The first-order valence-corrected chi connectivity index (χ1v) is 3.75. The number of hydrogen-bond donors (Lipinski definition) is 0. The van der Waals surface area contributed by atoms with Gasteiger partial charge in [0, 0.05) is 0 Å². The Hall–Kier alpha value is -1.80. The van der Waals surface area contributed by atoms with E-state index in [9.17, 15) is 30.3 Å². The van der Waals surface area contributed by atoms with Crippen molar-refractivity contribution in [1.29, 1.82) is 0 Å². The van der Waals surface area contributed by atoms with Crippen LogP contribution in [0.3, 0.4) is 0 Å². The molecule has 1 unspecified atom stereocenters. The lowest BCUT2D eigenvalue weighted by Crippen LogP contribution is -2.57. The minimum Gasteiger partial charge on any atom is -0.253 e. The molecular weight excluding hydrogens is 198 g/mol. The monoisotopic (exact) mass is 207 g/mol. The Morgan fingerprint density at radius 3 is 1.43 bits per heavy atom.